The molecule has 134 valence electrons. The molecule has 0 saturated carbocycles. The average Bonchev–Trinajstić information content (AvgIpc) is 2.33. The number of aryl methyl sites for hydroxylation is 1. The van der Waals surface area contributed by atoms with E-state index in [1.54, 1.807) is 12.1 Å². The number of carbonyl (C=O) groups excluding carboxylic acids is 1. The molecule has 0 atom stereocenters. The Hall–Kier alpha value is -1.25. The molecule has 1 aromatic carbocycles. The van der Waals surface area contributed by atoms with Crippen LogP contribution in [0.5, 0.6) is 0 Å². The molecule has 0 bridgehead atoms. The minimum absolute atomic E-state index is 0.0700. The molecule has 1 heterocycles. The first-order chi connectivity index (χ1) is 10.7. The molecular formula is C16H23NO5S2. The number of nitrogens with zero attached hydrogens (tertiary/aromatic N) is 1. The van der Waals surface area contributed by atoms with Gasteiger partial charge in [-0.2, -0.15) is 4.31 Å². The fourth-order valence-corrected chi connectivity index (χ4v) is 8.34. The Morgan fingerprint density at radius 2 is 1.42 bits per heavy atom. The first kappa shape index (κ1) is 19.1. The first-order valence-corrected chi connectivity index (χ1v) is 10.8. The lowest BCUT2D eigenvalue weighted by Crippen LogP contribution is -2.68. The lowest BCUT2D eigenvalue weighted by Gasteiger charge is -2.50. The molecule has 24 heavy (non-hydrogen) atoms. The fourth-order valence-electron chi connectivity index (χ4n) is 3.64. The molecule has 0 aromatic heterocycles. The van der Waals surface area contributed by atoms with Gasteiger partial charge < -0.3 is 0 Å². The van der Waals surface area contributed by atoms with Crippen LogP contribution in [0, 0.1) is 6.92 Å². The number of hydrogen-bond acceptors (Lipinski definition) is 5. The third-order valence-corrected chi connectivity index (χ3v) is 8.47. The van der Waals surface area contributed by atoms with E-state index in [0.29, 0.717) is 0 Å². The van der Waals surface area contributed by atoms with E-state index in [1.807, 2.05) is 6.92 Å². The number of hydrogen-bond donors (Lipinski definition) is 0. The lowest BCUT2D eigenvalue weighted by molar-refractivity contribution is 0.0996. The highest BCUT2D eigenvalue weighted by Gasteiger charge is 2.55. The molecule has 0 spiro atoms. The van der Waals surface area contributed by atoms with E-state index in [1.165, 1.54) is 39.8 Å². The standard InChI is InChI=1S/C16H23NO5S2/c1-12-6-8-13(9-7-12)14(18)24(21,22)17-15(2,3)10-23(19,20)11-16(17,4)5/h6-9H,10-11H2,1-5H3. The van der Waals surface area contributed by atoms with Gasteiger partial charge in [-0.3, -0.25) is 4.79 Å². The van der Waals surface area contributed by atoms with E-state index in [2.05, 4.69) is 0 Å². The SMILES string of the molecule is Cc1ccc(C(=O)S(=O)(=O)N2C(C)(C)CS(=O)(=O)CC2(C)C)cc1. The van der Waals surface area contributed by atoms with Crippen molar-refractivity contribution in [1.29, 1.82) is 0 Å². The summed E-state index contributed by atoms with van der Waals surface area (Å²) in [7, 11) is -7.77. The number of sulfone groups is 1. The Balaban J connectivity index is 2.54. The van der Waals surface area contributed by atoms with Crippen molar-refractivity contribution in [2.45, 2.75) is 45.7 Å². The van der Waals surface area contributed by atoms with Crippen LogP contribution in [0.4, 0.5) is 0 Å². The molecule has 0 amide bonds. The largest absolute Gasteiger partial charge is 0.291 e. The second-order valence-electron chi connectivity index (χ2n) is 7.58. The lowest BCUT2D eigenvalue weighted by atomic mass is 10.00. The van der Waals surface area contributed by atoms with Gasteiger partial charge in [-0.25, -0.2) is 16.8 Å². The van der Waals surface area contributed by atoms with E-state index in [-0.39, 0.29) is 17.1 Å². The van der Waals surface area contributed by atoms with Crippen LogP contribution in [0.2, 0.25) is 0 Å². The van der Waals surface area contributed by atoms with Crippen molar-refractivity contribution in [2.75, 3.05) is 11.5 Å². The van der Waals surface area contributed by atoms with Crippen LogP contribution in [0.25, 0.3) is 0 Å². The summed E-state index contributed by atoms with van der Waals surface area (Å²) in [5.74, 6) is -0.631. The summed E-state index contributed by atoms with van der Waals surface area (Å²) in [5.41, 5.74) is -1.44. The summed E-state index contributed by atoms with van der Waals surface area (Å²) >= 11 is 0. The van der Waals surface area contributed by atoms with Gasteiger partial charge >= 0.3 is 0 Å². The zero-order valence-corrected chi connectivity index (χ0v) is 16.2. The monoisotopic (exact) mass is 373 g/mol. The van der Waals surface area contributed by atoms with Crippen LogP contribution in [0.3, 0.4) is 0 Å². The summed E-state index contributed by atoms with van der Waals surface area (Å²) in [6.07, 6.45) is 0. The van der Waals surface area contributed by atoms with Gasteiger partial charge in [0, 0.05) is 16.6 Å². The summed E-state index contributed by atoms with van der Waals surface area (Å²) < 4.78 is 51.3. The zero-order chi connectivity index (χ0) is 18.6. The van der Waals surface area contributed by atoms with E-state index >= 15 is 0 Å². The second kappa shape index (κ2) is 5.64. The van der Waals surface area contributed by atoms with Gasteiger partial charge in [-0.05, 0) is 46.8 Å². The molecule has 1 saturated heterocycles. The molecule has 2 rings (SSSR count). The van der Waals surface area contributed by atoms with Crippen molar-refractivity contribution in [3.05, 3.63) is 35.4 Å². The normalized spacial score (nSPS) is 22.9. The Morgan fingerprint density at radius 1 is 1.00 bits per heavy atom. The predicted molar refractivity (Wildman–Crippen MR) is 93.1 cm³/mol. The summed E-state index contributed by atoms with van der Waals surface area (Å²) in [5, 5.41) is -1.01. The summed E-state index contributed by atoms with van der Waals surface area (Å²) in [4.78, 5) is 12.6. The Morgan fingerprint density at radius 3 is 1.83 bits per heavy atom. The highest BCUT2D eigenvalue weighted by Crippen LogP contribution is 2.37. The van der Waals surface area contributed by atoms with Crippen molar-refractivity contribution >= 4 is 25.0 Å². The Bertz CT molecular complexity index is 842. The quantitative estimate of drug-likeness (QED) is 0.788. The topological polar surface area (TPSA) is 88.6 Å². The number of rotatable bonds is 2. The van der Waals surface area contributed by atoms with Crippen LogP contribution in [0.1, 0.15) is 43.6 Å². The second-order valence-corrected chi connectivity index (χ2v) is 11.3. The maximum absolute atomic E-state index is 13.0. The minimum Gasteiger partial charge on any atom is -0.274 e. The van der Waals surface area contributed by atoms with Gasteiger partial charge in [-0.1, -0.05) is 17.7 Å². The van der Waals surface area contributed by atoms with Gasteiger partial charge in [0.1, 0.15) is 0 Å². The van der Waals surface area contributed by atoms with E-state index in [4.69, 9.17) is 0 Å². The number of sulfonamides is 1. The van der Waals surface area contributed by atoms with Gasteiger partial charge in [0.05, 0.1) is 11.5 Å². The molecule has 6 nitrogen and oxygen atoms in total. The van der Waals surface area contributed by atoms with Gasteiger partial charge in [-0.15, -0.1) is 0 Å². The van der Waals surface area contributed by atoms with Crippen molar-refractivity contribution in [2.24, 2.45) is 0 Å². The average molecular weight is 373 g/mol. The molecule has 0 N–H and O–H groups in total. The highest BCUT2D eigenvalue weighted by atomic mass is 32.2. The fraction of sp³-hybridized carbons (Fsp3) is 0.562. The molecule has 1 aliphatic rings. The highest BCUT2D eigenvalue weighted by molar-refractivity contribution is 8.04. The van der Waals surface area contributed by atoms with Crippen LogP contribution in [-0.4, -0.2) is 48.8 Å². The maximum Gasteiger partial charge on any atom is 0.291 e. The van der Waals surface area contributed by atoms with Crippen LogP contribution >= 0.6 is 0 Å². The van der Waals surface area contributed by atoms with Crippen LogP contribution < -0.4 is 0 Å². The van der Waals surface area contributed by atoms with Gasteiger partial charge in [0.15, 0.2) is 9.84 Å². The smallest absolute Gasteiger partial charge is 0.274 e. The minimum atomic E-state index is -4.36. The Labute approximate surface area is 143 Å². The molecule has 0 radical (unpaired) electrons. The first-order valence-electron chi connectivity index (χ1n) is 7.56. The van der Waals surface area contributed by atoms with Gasteiger partial charge in [0.25, 0.3) is 15.1 Å². The number of benzene rings is 1. The van der Waals surface area contributed by atoms with E-state index in [0.717, 1.165) is 9.87 Å². The van der Waals surface area contributed by atoms with Crippen LogP contribution in [-0.2, 0) is 19.9 Å². The zero-order valence-electron chi connectivity index (χ0n) is 14.5. The molecule has 1 aliphatic heterocycles. The van der Waals surface area contributed by atoms with E-state index < -0.39 is 36.1 Å². The molecule has 0 unspecified atom stereocenters. The molecule has 0 aliphatic carbocycles. The maximum atomic E-state index is 13.0. The van der Waals surface area contributed by atoms with Crippen LogP contribution in [0.15, 0.2) is 24.3 Å². The van der Waals surface area contributed by atoms with Crippen molar-refractivity contribution in [1.82, 2.24) is 4.31 Å². The molecular weight excluding hydrogens is 350 g/mol. The third-order valence-electron chi connectivity index (χ3n) is 4.01. The Kier molecular flexibility index (Phi) is 4.48. The third kappa shape index (κ3) is 3.41. The van der Waals surface area contributed by atoms with Crippen molar-refractivity contribution in [3.63, 3.8) is 0 Å². The van der Waals surface area contributed by atoms with Gasteiger partial charge in [0.2, 0.25) is 0 Å². The molecule has 1 aromatic rings. The molecule has 8 heteroatoms. The summed E-state index contributed by atoms with van der Waals surface area (Å²) in [6, 6.07) is 6.27. The summed E-state index contributed by atoms with van der Waals surface area (Å²) in [6.45, 7) is 7.97. The van der Waals surface area contributed by atoms with Crippen molar-refractivity contribution < 1.29 is 21.6 Å². The van der Waals surface area contributed by atoms with Crippen molar-refractivity contribution in [3.8, 4) is 0 Å². The van der Waals surface area contributed by atoms with E-state index in [9.17, 15) is 21.6 Å². The molecule has 1 fully saturated rings. The predicted octanol–water partition coefficient (Wildman–Crippen LogP) is 1.75. The number of carbonyl (C=O) groups is 1.